The van der Waals surface area contributed by atoms with Crippen LogP contribution < -0.4 is 5.32 Å². The van der Waals surface area contributed by atoms with E-state index in [0.717, 1.165) is 17.5 Å². The lowest BCUT2D eigenvalue weighted by Crippen LogP contribution is -2.21. The van der Waals surface area contributed by atoms with Gasteiger partial charge in [-0.1, -0.05) is 24.1 Å². The average Bonchev–Trinajstić information content (AvgIpc) is 2.95. The summed E-state index contributed by atoms with van der Waals surface area (Å²) in [7, 11) is 0. The van der Waals surface area contributed by atoms with E-state index in [2.05, 4.69) is 38.2 Å². The molecule has 0 saturated heterocycles. The summed E-state index contributed by atoms with van der Waals surface area (Å²) in [5.74, 6) is 2.59. The Morgan fingerprint density at radius 2 is 1.85 bits per heavy atom. The first-order valence-corrected chi connectivity index (χ1v) is 7.90. The topological polar surface area (TPSA) is 29.1 Å². The van der Waals surface area contributed by atoms with Crippen LogP contribution in [0.3, 0.4) is 0 Å². The van der Waals surface area contributed by atoms with Crippen LogP contribution in [0.15, 0.2) is 12.1 Å². The van der Waals surface area contributed by atoms with Gasteiger partial charge in [-0.25, -0.2) is 0 Å². The highest BCUT2D eigenvalue weighted by atomic mass is 16.1. The lowest BCUT2D eigenvalue weighted by atomic mass is 9.86. The first-order valence-electron chi connectivity index (χ1n) is 7.90. The Bertz CT molecular complexity index is 511. The van der Waals surface area contributed by atoms with E-state index >= 15 is 0 Å². The van der Waals surface area contributed by atoms with E-state index < -0.39 is 0 Å². The third kappa shape index (κ3) is 2.61. The van der Waals surface area contributed by atoms with Crippen molar-refractivity contribution in [2.75, 3.05) is 5.32 Å². The van der Waals surface area contributed by atoms with Crippen molar-refractivity contribution in [2.45, 2.75) is 52.9 Å². The summed E-state index contributed by atoms with van der Waals surface area (Å²) in [5, 5.41) is 3.15. The summed E-state index contributed by atoms with van der Waals surface area (Å²) in [6.07, 6.45) is 6.13. The fourth-order valence-corrected chi connectivity index (χ4v) is 4.43. The minimum atomic E-state index is 0.206. The molecule has 2 saturated carbocycles. The Balaban J connectivity index is 1.65. The lowest BCUT2D eigenvalue weighted by Gasteiger charge is -2.21. The van der Waals surface area contributed by atoms with E-state index in [1.165, 1.54) is 42.4 Å². The van der Waals surface area contributed by atoms with Gasteiger partial charge in [0.1, 0.15) is 0 Å². The van der Waals surface area contributed by atoms with Gasteiger partial charge >= 0.3 is 0 Å². The summed E-state index contributed by atoms with van der Waals surface area (Å²) in [5.41, 5.74) is 4.61. The van der Waals surface area contributed by atoms with Crippen molar-refractivity contribution in [3.63, 3.8) is 0 Å². The molecule has 1 amide bonds. The van der Waals surface area contributed by atoms with Crippen LogP contribution in [0.1, 0.15) is 48.8 Å². The van der Waals surface area contributed by atoms with Gasteiger partial charge < -0.3 is 5.32 Å². The average molecular weight is 271 g/mol. The molecule has 3 atom stereocenters. The van der Waals surface area contributed by atoms with E-state index in [4.69, 9.17) is 0 Å². The third-order valence-electron chi connectivity index (χ3n) is 5.27. The van der Waals surface area contributed by atoms with Crippen molar-refractivity contribution in [1.29, 1.82) is 0 Å². The summed E-state index contributed by atoms with van der Waals surface area (Å²) < 4.78 is 0. The molecule has 0 radical (unpaired) electrons. The van der Waals surface area contributed by atoms with Gasteiger partial charge in [0.15, 0.2) is 0 Å². The Morgan fingerprint density at radius 1 is 1.15 bits per heavy atom. The second-order valence-corrected chi connectivity index (χ2v) is 6.96. The third-order valence-corrected chi connectivity index (χ3v) is 5.27. The molecule has 0 aliphatic heterocycles. The molecular formula is C18H25NO. The van der Waals surface area contributed by atoms with Gasteiger partial charge in [0.2, 0.25) is 5.91 Å². The SMILES string of the molecule is Cc1cc(C)c(NC(=O)C[C@H]2C[C@H]3CC[C@@H]2C3)c(C)c1. The van der Waals surface area contributed by atoms with Crippen LogP contribution in [0.2, 0.25) is 0 Å². The molecule has 2 bridgehead atoms. The number of nitrogens with one attached hydrogen (secondary N) is 1. The molecule has 1 N–H and O–H groups in total. The van der Waals surface area contributed by atoms with Crippen LogP contribution >= 0.6 is 0 Å². The van der Waals surface area contributed by atoms with E-state index in [0.29, 0.717) is 12.3 Å². The molecule has 1 aromatic carbocycles. The molecule has 2 fully saturated rings. The maximum atomic E-state index is 12.3. The summed E-state index contributed by atoms with van der Waals surface area (Å²) >= 11 is 0. The van der Waals surface area contributed by atoms with Crippen molar-refractivity contribution in [3.05, 3.63) is 28.8 Å². The van der Waals surface area contributed by atoms with Crippen LogP contribution in [0, 0.1) is 38.5 Å². The normalized spacial score (nSPS) is 27.9. The molecule has 108 valence electrons. The summed E-state index contributed by atoms with van der Waals surface area (Å²) in [6, 6.07) is 4.28. The van der Waals surface area contributed by atoms with Crippen molar-refractivity contribution in [1.82, 2.24) is 0 Å². The molecule has 2 heteroatoms. The molecular weight excluding hydrogens is 246 g/mol. The smallest absolute Gasteiger partial charge is 0.224 e. The largest absolute Gasteiger partial charge is 0.326 e. The monoisotopic (exact) mass is 271 g/mol. The number of fused-ring (bicyclic) bond motifs is 2. The lowest BCUT2D eigenvalue weighted by molar-refractivity contribution is -0.117. The van der Waals surface area contributed by atoms with Gasteiger partial charge in [0.25, 0.3) is 0 Å². The zero-order valence-corrected chi connectivity index (χ0v) is 12.8. The number of benzene rings is 1. The molecule has 0 aromatic heterocycles. The number of rotatable bonds is 3. The van der Waals surface area contributed by atoms with E-state index in [-0.39, 0.29) is 5.91 Å². The predicted octanol–water partition coefficient (Wildman–Crippen LogP) is 4.38. The highest BCUT2D eigenvalue weighted by molar-refractivity contribution is 5.92. The van der Waals surface area contributed by atoms with Crippen LogP contribution in [-0.4, -0.2) is 5.91 Å². The zero-order chi connectivity index (χ0) is 14.3. The Kier molecular flexibility index (Phi) is 3.57. The van der Waals surface area contributed by atoms with E-state index in [9.17, 15) is 4.79 Å². The van der Waals surface area contributed by atoms with Crippen molar-refractivity contribution >= 4 is 11.6 Å². The van der Waals surface area contributed by atoms with Crippen molar-refractivity contribution < 1.29 is 4.79 Å². The number of amides is 1. The minimum Gasteiger partial charge on any atom is -0.326 e. The molecule has 2 nitrogen and oxygen atoms in total. The fourth-order valence-electron chi connectivity index (χ4n) is 4.43. The number of carbonyl (C=O) groups is 1. The fraction of sp³-hybridized carbons (Fsp3) is 0.611. The molecule has 0 spiro atoms. The van der Waals surface area contributed by atoms with E-state index in [1.807, 2.05) is 0 Å². The molecule has 0 heterocycles. The minimum absolute atomic E-state index is 0.206. The Morgan fingerprint density at radius 3 is 2.40 bits per heavy atom. The number of hydrogen-bond acceptors (Lipinski definition) is 1. The van der Waals surface area contributed by atoms with Crippen LogP contribution in [0.5, 0.6) is 0 Å². The summed E-state index contributed by atoms with van der Waals surface area (Å²) in [4.78, 5) is 12.3. The highest BCUT2D eigenvalue weighted by Gasteiger charge is 2.40. The van der Waals surface area contributed by atoms with E-state index in [1.54, 1.807) is 0 Å². The van der Waals surface area contributed by atoms with Gasteiger partial charge in [-0.05, 0) is 68.9 Å². The van der Waals surface area contributed by atoms with Gasteiger partial charge in [-0.2, -0.15) is 0 Å². The van der Waals surface area contributed by atoms with Crippen LogP contribution in [0.25, 0.3) is 0 Å². The molecule has 0 unspecified atom stereocenters. The molecule has 20 heavy (non-hydrogen) atoms. The first-order chi connectivity index (χ1) is 9.52. The quantitative estimate of drug-likeness (QED) is 0.868. The van der Waals surface area contributed by atoms with Gasteiger partial charge in [-0.3, -0.25) is 4.79 Å². The molecule has 2 aliphatic carbocycles. The summed E-state index contributed by atoms with van der Waals surface area (Å²) in [6.45, 7) is 6.25. The maximum Gasteiger partial charge on any atom is 0.224 e. The number of aryl methyl sites for hydroxylation is 3. The molecule has 1 aromatic rings. The highest BCUT2D eigenvalue weighted by Crippen LogP contribution is 2.49. The Labute approximate surface area is 122 Å². The van der Waals surface area contributed by atoms with Gasteiger partial charge in [0, 0.05) is 12.1 Å². The predicted molar refractivity (Wildman–Crippen MR) is 82.8 cm³/mol. The molecule has 2 aliphatic rings. The van der Waals surface area contributed by atoms with Crippen molar-refractivity contribution in [3.8, 4) is 0 Å². The first kappa shape index (κ1) is 13.7. The Hall–Kier alpha value is -1.31. The van der Waals surface area contributed by atoms with Crippen LogP contribution in [0.4, 0.5) is 5.69 Å². The van der Waals surface area contributed by atoms with Crippen LogP contribution in [-0.2, 0) is 4.79 Å². The second kappa shape index (κ2) is 5.23. The van der Waals surface area contributed by atoms with Gasteiger partial charge in [-0.15, -0.1) is 0 Å². The van der Waals surface area contributed by atoms with Crippen molar-refractivity contribution in [2.24, 2.45) is 17.8 Å². The second-order valence-electron chi connectivity index (χ2n) is 6.96. The number of anilines is 1. The van der Waals surface area contributed by atoms with Gasteiger partial charge in [0.05, 0.1) is 0 Å². The molecule has 3 rings (SSSR count). The number of carbonyl (C=O) groups excluding carboxylic acids is 1. The number of hydrogen-bond donors (Lipinski definition) is 1. The standard InChI is InChI=1S/C18H25NO/c1-11-6-12(2)18(13(3)7-11)19-17(20)10-16-9-14-4-5-15(16)8-14/h6-7,14-16H,4-5,8-10H2,1-3H3,(H,19,20)/t14-,15+,16+/m0/s1. The maximum absolute atomic E-state index is 12.3. The zero-order valence-electron chi connectivity index (χ0n) is 12.8.